The Hall–Kier alpha value is -10.4. The van der Waals surface area contributed by atoms with Crippen molar-refractivity contribution in [1.82, 2.24) is 95.3 Å². The highest BCUT2D eigenvalue weighted by atomic mass is 32.2. The number of hydrogen-bond donors (Lipinski definition) is 3. The van der Waals surface area contributed by atoms with Gasteiger partial charge in [0, 0.05) is 282 Å². The van der Waals surface area contributed by atoms with Crippen molar-refractivity contribution < 1.29 is 115 Å². The fraction of sp³-hybridized carbons (Fsp3) is 0.689. The number of hydrogen-bond acceptors (Lipinski definition) is 37. The minimum Gasteiger partial charge on any atom is -0.355 e. The van der Waals surface area contributed by atoms with E-state index in [1.165, 1.54) is 36.4 Å². The Morgan fingerprint density at radius 1 is 0.319 bits per heavy atom. The molecular formula is C90H133N19O24S2. The van der Waals surface area contributed by atoms with Crippen LogP contribution in [-0.2, 0) is 115 Å². The summed E-state index contributed by atoms with van der Waals surface area (Å²) in [7, 11) is 0. The van der Waals surface area contributed by atoms with Crippen molar-refractivity contribution in [3.63, 3.8) is 0 Å². The predicted molar refractivity (Wildman–Crippen MR) is 485 cm³/mol. The predicted octanol–water partition coefficient (Wildman–Crippen LogP) is 2.31. The van der Waals surface area contributed by atoms with Gasteiger partial charge in [0.25, 0.3) is 47.3 Å². The zero-order valence-electron chi connectivity index (χ0n) is 78.2. The molecule has 0 bridgehead atoms. The van der Waals surface area contributed by atoms with Gasteiger partial charge in [-0.15, -0.1) is 20.3 Å². The maximum absolute atomic E-state index is 12.5. The van der Waals surface area contributed by atoms with Crippen LogP contribution in [0.15, 0.2) is 47.2 Å². The molecule has 9 saturated heterocycles. The Balaban J connectivity index is 0.000000222. The van der Waals surface area contributed by atoms with Gasteiger partial charge in [-0.25, -0.2) is 39.1 Å². The Morgan fingerprint density at radius 3 is 0.948 bits per heavy atom. The third-order valence-electron chi connectivity index (χ3n) is 24.2. The molecule has 9 aliphatic rings. The van der Waals surface area contributed by atoms with Gasteiger partial charge in [-0.2, -0.15) is 0 Å². The number of aromatic nitrogens is 4. The third kappa shape index (κ3) is 41.2. The number of Topliss-reactive ketones (excluding diaryl/α,β-unsaturated/α-hetero) is 4. The van der Waals surface area contributed by atoms with Gasteiger partial charge in [0.2, 0.25) is 23.6 Å². The lowest BCUT2D eigenvalue weighted by Gasteiger charge is -2.38. The number of carbonyl (C=O) groups is 20. The van der Waals surface area contributed by atoms with Gasteiger partial charge in [-0.1, -0.05) is 36.4 Å². The van der Waals surface area contributed by atoms with E-state index in [1.807, 2.05) is 4.90 Å². The summed E-state index contributed by atoms with van der Waals surface area (Å²) in [5, 5.41) is 12.0. The number of thioether (sulfide) groups is 2. The van der Waals surface area contributed by atoms with Crippen molar-refractivity contribution in [3.8, 4) is 0 Å². The van der Waals surface area contributed by atoms with Crippen molar-refractivity contribution in [2.45, 2.75) is 255 Å². The van der Waals surface area contributed by atoms with E-state index in [2.05, 4.69) is 93.0 Å². The molecule has 2 aromatic heterocycles. The number of piperazine rings is 3. The van der Waals surface area contributed by atoms with E-state index in [1.54, 1.807) is 41.8 Å². The van der Waals surface area contributed by atoms with Crippen LogP contribution in [0.25, 0.3) is 0 Å². The minimum atomic E-state index is -0.716. The third-order valence-corrected chi connectivity index (χ3v) is 26.1. The lowest BCUT2D eigenvalue weighted by Crippen LogP contribution is -2.50. The molecule has 11 heterocycles. The van der Waals surface area contributed by atoms with Crippen molar-refractivity contribution in [2.75, 3.05) is 155 Å². The maximum Gasteiger partial charge on any atom is 0.334 e. The lowest BCUT2D eigenvalue weighted by molar-refractivity contribution is -0.197. The Bertz CT molecular complexity index is 4270. The first kappa shape index (κ1) is 110. The van der Waals surface area contributed by atoms with Gasteiger partial charge in [0.1, 0.15) is 23.1 Å². The number of ketones is 4. The van der Waals surface area contributed by atoms with E-state index in [-0.39, 0.29) is 162 Å². The molecule has 0 saturated carbocycles. The average Bonchev–Trinajstić information content (AvgIpc) is 1.84. The lowest BCUT2D eigenvalue weighted by atomic mass is 9.97. The molecule has 0 aromatic carbocycles. The summed E-state index contributed by atoms with van der Waals surface area (Å²) in [6, 6.07) is 5.05. The summed E-state index contributed by atoms with van der Waals surface area (Å²) >= 11 is 2.57. The number of nitrogens with one attached hydrogen (secondary N) is 3. The van der Waals surface area contributed by atoms with Crippen LogP contribution in [0.4, 0.5) is 0 Å². The molecule has 0 radical (unpaired) electrons. The van der Waals surface area contributed by atoms with Crippen molar-refractivity contribution in [1.29, 1.82) is 0 Å². The highest BCUT2D eigenvalue weighted by Gasteiger charge is 2.38. The first-order valence-electron chi connectivity index (χ1n) is 47.2. The number of likely N-dealkylation sites (tertiary alicyclic amines) is 2. The molecule has 0 spiro atoms. The number of amides is 12. The second kappa shape index (κ2) is 59.6. The van der Waals surface area contributed by atoms with Crippen LogP contribution >= 0.6 is 23.5 Å². The summed E-state index contributed by atoms with van der Waals surface area (Å²) in [5.41, 5.74) is 0. The van der Waals surface area contributed by atoms with Crippen LogP contribution < -0.4 is 16.0 Å². The molecule has 2 aromatic rings. The standard InChI is InChI=1S/C25H42N6O6.C24H33N5O6S.C23H37N5O6.C18H21N3O6S/c1-19-4-3-5-20(2)30(19)18-22(33)26-10-8-21(32)27-11-13-29-16-14-28(15-17-29)12-9-25(36)37-31-23(34)6-7-24(31)35;30-19(4-1-5-20(31)18-36-24-25-10-3-11-26-24)6-2-12-27-14-16-28(17-15-27)13-9-23(34)35-29-21(32)7-8-22(29)33;1-17-4-3-5-18(2)27(17)16-19(29)24-10-8-20(30)26-14-12-25(13-15-26)11-9-23(33)34-28-21(31)6-7-22(28)32;22-13(4-1-6-14(23)12-28-18-19-10-3-11-20-18)5-2-7-17(26)27-21-15(24)8-9-16(21)25/h19-20H,3-18H2,1-2H3,(H,26,33)(H,27,32);3,10-11H,1-2,4-9,12-18H2;17-18H,3-16H2,1-2H3,(H,24,29);3,10-11H,1-2,4-9,12H2. The molecule has 9 aliphatic heterocycles. The summed E-state index contributed by atoms with van der Waals surface area (Å²) in [6.07, 6.45) is 18.9. The van der Waals surface area contributed by atoms with Crippen molar-refractivity contribution in [2.24, 2.45) is 0 Å². The number of carbonyl (C=O) groups excluding carboxylic acids is 20. The van der Waals surface area contributed by atoms with Gasteiger partial charge in [0.05, 0.1) is 43.9 Å². The summed E-state index contributed by atoms with van der Waals surface area (Å²) in [6.45, 7) is 22.5. The molecule has 4 atom stereocenters. The van der Waals surface area contributed by atoms with Crippen LogP contribution in [0.2, 0.25) is 0 Å². The van der Waals surface area contributed by atoms with Gasteiger partial charge in [-0.05, 0) is 97.7 Å². The first-order chi connectivity index (χ1) is 64.8. The van der Waals surface area contributed by atoms with Crippen LogP contribution in [0, 0.1) is 0 Å². The summed E-state index contributed by atoms with van der Waals surface area (Å²) < 4.78 is 0. The second-order valence-electron chi connectivity index (χ2n) is 34.6. The molecule has 45 heteroatoms. The maximum atomic E-state index is 12.5. The smallest absolute Gasteiger partial charge is 0.334 e. The normalized spacial score (nSPS) is 20.0. The van der Waals surface area contributed by atoms with E-state index < -0.39 is 71.1 Å². The molecule has 11 rings (SSSR count). The molecule has 43 nitrogen and oxygen atoms in total. The van der Waals surface area contributed by atoms with Crippen LogP contribution in [-0.4, -0.2) is 377 Å². The molecule has 12 amide bonds. The summed E-state index contributed by atoms with van der Waals surface area (Å²) in [4.78, 5) is 289. The average molecular weight is 1930 g/mol. The van der Waals surface area contributed by atoms with Gasteiger partial charge >= 0.3 is 23.9 Å². The van der Waals surface area contributed by atoms with E-state index in [4.69, 9.17) is 19.4 Å². The van der Waals surface area contributed by atoms with E-state index in [0.717, 1.165) is 97.6 Å². The Kier molecular flexibility index (Phi) is 48.5. The molecule has 744 valence electrons. The number of imide groups is 4. The highest BCUT2D eigenvalue weighted by Crippen LogP contribution is 2.26. The largest absolute Gasteiger partial charge is 0.355 e. The van der Waals surface area contributed by atoms with Crippen molar-refractivity contribution >= 4 is 141 Å². The molecule has 135 heavy (non-hydrogen) atoms. The summed E-state index contributed by atoms with van der Waals surface area (Å²) in [5.74, 6) is -5.71. The van der Waals surface area contributed by atoms with E-state index in [9.17, 15) is 95.9 Å². The molecule has 0 aliphatic carbocycles. The zero-order valence-corrected chi connectivity index (χ0v) is 79.9. The molecule has 3 N–H and O–H groups in total. The molecular weight excluding hydrogens is 1800 g/mol. The van der Waals surface area contributed by atoms with Crippen LogP contribution in [0.3, 0.4) is 0 Å². The van der Waals surface area contributed by atoms with E-state index >= 15 is 0 Å². The minimum absolute atomic E-state index is 0.00475. The van der Waals surface area contributed by atoms with Crippen LogP contribution in [0.5, 0.6) is 0 Å². The number of nitrogens with zero attached hydrogens (tertiary/aromatic N) is 16. The number of hydroxylamine groups is 8. The zero-order chi connectivity index (χ0) is 97.6. The molecule has 9 fully saturated rings. The fourth-order valence-electron chi connectivity index (χ4n) is 16.2. The van der Waals surface area contributed by atoms with Gasteiger partial charge in [-0.3, -0.25) is 96.3 Å². The van der Waals surface area contributed by atoms with Crippen molar-refractivity contribution in [3.05, 3.63) is 36.9 Å². The number of rotatable bonds is 48. The SMILES string of the molecule is CC1CCCC(C)N1CC(=O)NCCC(=O)N1CCN(CCC(=O)ON2C(=O)CCC2=O)CC1.CC1CCCC(C)N1CC(=O)NCCC(=O)NCCN1CCN(CCC(=O)ON2C(=O)CCC2=O)CC1.O=C(CCCC(=O)CSc1ncccn1)CCCC(=O)ON1C(=O)CCC1=O.O=C(CCCC(=O)CSc1ncccn1)CCCN1CCN(CCC(=O)ON2C(=O)CCC2=O)CC1. The fourth-order valence-corrected chi connectivity index (χ4v) is 17.6. The first-order valence-corrected chi connectivity index (χ1v) is 49.1. The van der Waals surface area contributed by atoms with E-state index in [0.29, 0.717) is 178 Å². The molecule has 4 unspecified atom stereocenters. The van der Waals surface area contributed by atoms with Gasteiger partial charge in [0.15, 0.2) is 10.3 Å². The quantitative estimate of drug-likeness (QED) is 0.0486. The topological polar surface area (TPSA) is 505 Å². The van der Waals surface area contributed by atoms with Crippen LogP contribution in [0.1, 0.15) is 220 Å². The van der Waals surface area contributed by atoms with Gasteiger partial charge < -0.3 is 54.9 Å². The highest BCUT2D eigenvalue weighted by molar-refractivity contribution is 8.00. The second-order valence-corrected chi connectivity index (χ2v) is 36.5. The number of piperidine rings is 2. The Labute approximate surface area is 795 Å². The Morgan fingerprint density at radius 2 is 0.600 bits per heavy atom. The monoisotopic (exact) mass is 1930 g/mol.